The standard InChI is InChI=1S/C30H54O7/c1-10-12-13-18(4)27(34)22(8)29(36)20(6)15-25(32)26(33)16-24(31)21(7)30(37)23(9)28(35)19(5)14-17(3)11-2/h10-13,18-25,27-32,34-37H,1,14-16H2,2-9H3/b13-12+,17-11+/t18-,19-,20-,21+,22+,23+,24+,25-,27-,28-,29-,30-/m0/s1. The van der Waals surface area contributed by atoms with Crippen LogP contribution in [0.4, 0.5) is 0 Å². The lowest BCUT2D eigenvalue weighted by Crippen LogP contribution is -2.43. The normalized spacial score (nSPS) is 22.7. The molecule has 0 saturated carbocycles. The van der Waals surface area contributed by atoms with Crippen molar-refractivity contribution < 1.29 is 35.4 Å². The number of carbonyl (C=O) groups excluding carboxylic acids is 1. The molecule has 0 spiro atoms. The van der Waals surface area contributed by atoms with Crippen molar-refractivity contribution in [2.24, 2.45) is 35.5 Å². The van der Waals surface area contributed by atoms with Crippen LogP contribution in [0.5, 0.6) is 0 Å². The summed E-state index contributed by atoms with van der Waals surface area (Å²) in [6, 6.07) is 0. The van der Waals surface area contributed by atoms with Gasteiger partial charge in [0.15, 0.2) is 5.78 Å². The number of carbonyl (C=O) groups is 1. The molecule has 0 aromatic heterocycles. The van der Waals surface area contributed by atoms with Crippen LogP contribution in [0.25, 0.3) is 0 Å². The van der Waals surface area contributed by atoms with Crippen molar-refractivity contribution in [2.75, 3.05) is 0 Å². The molecule has 0 rings (SSSR count). The molecule has 6 N–H and O–H groups in total. The monoisotopic (exact) mass is 526 g/mol. The predicted octanol–water partition coefficient (Wildman–Crippen LogP) is 3.42. The number of allylic oxidation sites excluding steroid dienone is 4. The zero-order chi connectivity index (χ0) is 29.0. The minimum atomic E-state index is -1.39. The third-order valence-corrected chi connectivity index (χ3v) is 8.07. The Labute approximate surface area is 224 Å². The average molecular weight is 527 g/mol. The van der Waals surface area contributed by atoms with Crippen molar-refractivity contribution in [1.29, 1.82) is 0 Å². The molecular formula is C30H54O7. The van der Waals surface area contributed by atoms with Crippen molar-refractivity contribution >= 4 is 5.78 Å². The Morgan fingerprint density at radius 3 is 1.78 bits per heavy atom. The summed E-state index contributed by atoms with van der Waals surface area (Å²) >= 11 is 0. The summed E-state index contributed by atoms with van der Waals surface area (Å²) in [7, 11) is 0. The van der Waals surface area contributed by atoms with Crippen LogP contribution >= 0.6 is 0 Å². The molecule has 0 fully saturated rings. The van der Waals surface area contributed by atoms with Gasteiger partial charge in [0.25, 0.3) is 0 Å². The Hall–Kier alpha value is -1.35. The Morgan fingerprint density at radius 1 is 0.757 bits per heavy atom. The summed E-state index contributed by atoms with van der Waals surface area (Å²) in [4.78, 5) is 12.6. The average Bonchev–Trinajstić information content (AvgIpc) is 2.87. The molecule has 0 aromatic carbocycles. The molecule has 0 aliphatic carbocycles. The fraction of sp³-hybridized carbons (Fsp3) is 0.767. The van der Waals surface area contributed by atoms with E-state index in [1.165, 1.54) is 0 Å². The lowest BCUT2D eigenvalue weighted by atomic mass is 9.79. The predicted molar refractivity (Wildman–Crippen MR) is 149 cm³/mol. The van der Waals surface area contributed by atoms with Crippen LogP contribution in [-0.4, -0.2) is 73.0 Å². The fourth-order valence-corrected chi connectivity index (χ4v) is 4.89. The van der Waals surface area contributed by atoms with Crippen molar-refractivity contribution in [1.82, 2.24) is 0 Å². The van der Waals surface area contributed by atoms with Crippen LogP contribution in [0.2, 0.25) is 0 Å². The van der Waals surface area contributed by atoms with Crippen molar-refractivity contribution in [3.05, 3.63) is 36.5 Å². The molecule has 0 heterocycles. The third-order valence-electron chi connectivity index (χ3n) is 8.07. The molecule has 0 unspecified atom stereocenters. The van der Waals surface area contributed by atoms with E-state index >= 15 is 0 Å². The van der Waals surface area contributed by atoms with E-state index in [4.69, 9.17) is 0 Å². The second-order valence-corrected chi connectivity index (χ2v) is 11.3. The molecule has 7 nitrogen and oxygen atoms in total. The Balaban J connectivity index is 4.98. The zero-order valence-corrected chi connectivity index (χ0v) is 24.2. The molecule has 0 saturated heterocycles. The summed E-state index contributed by atoms with van der Waals surface area (Å²) < 4.78 is 0. The number of aliphatic hydroxyl groups is 6. The topological polar surface area (TPSA) is 138 Å². The largest absolute Gasteiger partial charge is 0.392 e. The summed E-state index contributed by atoms with van der Waals surface area (Å²) in [5.41, 5.74) is 1.14. The van der Waals surface area contributed by atoms with Crippen LogP contribution in [0.1, 0.15) is 74.7 Å². The Bertz CT molecular complexity index is 733. The SMILES string of the molecule is C=C/C=C/[C@H](C)[C@H](O)[C@@H](C)[C@@H](O)[C@@H](C)C[C@H](O)C(=O)C[C@@H](O)[C@@H](C)[C@H](O)[C@H](C)[C@@H](O)[C@@H](C)C/C(C)=C/C. The molecule has 0 aliphatic heterocycles. The molecule has 0 amide bonds. The second-order valence-electron chi connectivity index (χ2n) is 11.3. The molecule has 216 valence electrons. The van der Waals surface area contributed by atoms with Gasteiger partial charge in [-0.2, -0.15) is 0 Å². The summed E-state index contributed by atoms with van der Waals surface area (Å²) in [5, 5.41) is 63.8. The molecular weight excluding hydrogens is 472 g/mol. The molecule has 0 bridgehead atoms. The van der Waals surface area contributed by atoms with Gasteiger partial charge in [-0.15, -0.1) is 0 Å². The third kappa shape index (κ3) is 11.5. The van der Waals surface area contributed by atoms with Crippen molar-refractivity contribution in [2.45, 2.75) is 111 Å². The molecule has 0 aliphatic rings. The molecule has 7 heteroatoms. The van der Waals surface area contributed by atoms with Gasteiger partial charge in [0.05, 0.1) is 30.5 Å². The van der Waals surface area contributed by atoms with Gasteiger partial charge in [0.1, 0.15) is 6.10 Å². The van der Waals surface area contributed by atoms with E-state index in [1.807, 2.05) is 33.8 Å². The van der Waals surface area contributed by atoms with Crippen LogP contribution in [0, 0.1) is 35.5 Å². The number of hydrogen-bond donors (Lipinski definition) is 6. The van der Waals surface area contributed by atoms with E-state index in [0.717, 1.165) is 5.57 Å². The van der Waals surface area contributed by atoms with E-state index in [2.05, 4.69) is 6.58 Å². The highest BCUT2D eigenvalue weighted by molar-refractivity contribution is 5.83. The maximum Gasteiger partial charge on any atom is 0.163 e. The number of hydrogen-bond acceptors (Lipinski definition) is 7. The molecule has 0 aromatic rings. The first-order valence-electron chi connectivity index (χ1n) is 13.6. The van der Waals surface area contributed by atoms with Gasteiger partial charge in [-0.1, -0.05) is 78.0 Å². The highest BCUT2D eigenvalue weighted by Gasteiger charge is 2.36. The van der Waals surface area contributed by atoms with Crippen LogP contribution in [-0.2, 0) is 4.79 Å². The van der Waals surface area contributed by atoms with Gasteiger partial charge in [-0.25, -0.2) is 0 Å². The van der Waals surface area contributed by atoms with Crippen molar-refractivity contribution in [3.63, 3.8) is 0 Å². The van der Waals surface area contributed by atoms with E-state index in [1.54, 1.807) is 45.9 Å². The highest BCUT2D eigenvalue weighted by atomic mass is 16.3. The van der Waals surface area contributed by atoms with Gasteiger partial charge in [0, 0.05) is 30.1 Å². The van der Waals surface area contributed by atoms with Gasteiger partial charge in [0.2, 0.25) is 0 Å². The number of ketones is 1. The van der Waals surface area contributed by atoms with E-state index in [9.17, 15) is 35.4 Å². The fourth-order valence-electron chi connectivity index (χ4n) is 4.89. The van der Waals surface area contributed by atoms with Crippen LogP contribution in [0.15, 0.2) is 36.5 Å². The first-order chi connectivity index (χ1) is 17.1. The number of rotatable bonds is 18. The minimum Gasteiger partial charge on any atom is -0.392 e. The number of Topliss-reactive ketones (excluding diaryl/α,β-unsaturated/α-hetero) is 1. The van der Waals surface area contributed by atoms with E-state index in [-0.39, 0.29) is 24.7 Å². The van der Waals surface area contributed by atoms with Crippen molar-refractivity contribution in [3.8, 4) is 0 Å². The van der Waals surface area contributed by atoms with E-state index < -0.39 is 66.1 Å². The number of aliphatic hydroxyl groups excluding tert-OH is 6. The summed E-state index contributed by atoms with van der Waals surface area (Å²) in [5.74, 6) is -3.04. The smallest absolute Gasteiger partial charge is 0.163 e. The Morgan fingerprint density at radius 2 is 1.27 bits per heavy atom. The highest BCUT2D eigenvalue weighted by Crippen LogP contribution is 2.28. The maximum absolute atomic E-state index is 12.6. The van der Waals surface area contributed by atoms with Gasteiger partial charge in [-0.05, 0) is 38.5 Å². The second kappa shape index (κ2) is 17.3. The summed E-state index contributed by atoms with van der Waals surface area (Å²) in [6.07, 6.45) is 1.28. The lowest BCUT2D eigenvalue weighted by Gasteiger charge is -2.34. The maximum atomic E-state index is 12.6. The quantitative estimate of drug-likeness (QED) is 0.119. The van der Waals surface area contributed by atoms with Gasteiger partial charge in [-0.3, -0.25) is 4.79 Å². The Kier molecular flexibility index (Phi) is 16.6. The summed E-state index contributed by atoms with van der Waals surface area (Å²) in [6.45, 7) is 18.0. The molecule has 0 radical (unpaired) electrons. The lowest BCUT2D eigenvalue weighted by molar-refractivity contribution is -0.133. The molecule has 37 heavy (non-hydrogen) atoms. The van der Waals surface area contributed by atoms with Gasteiger partial charge >= 0.3 is 0 Å². The van der Waals surface area contributed by atoms with Crippen LogP contribution in [0.3, 0.4) is 0 Å². The zero-order valence-electron chi connectivity index (χ0n) is 24.2. The molecule has 12 atom stereocenters. The first-order valence-corrected chi connectivity index (χ1v) is 13.6. The first kappa shape index (κ1) is 35.6. The van der Waals surface area contributed by atoms with Gasteiger partial charge < -0.3 is 30.6 Å². The minimum absolute atomic E-state index is 0.0193. The van der Waals surface area contributed by atoms with E-state index in [0.29, 0.717) is 6.42 Å². The van der Waals surface area contributed by atoms with Crippen LogP contribution < -0.4 is 0 Å².